The molecule has 4 aromatic rings. The fourth-order valence-electron chi connectivity index (χ4n) is 4.40. The maximum absolute atomic E-state index is 13.0. The van der Waals surface area contributed by atoms with Crippen LogP contribution in [-0.4, -0.2) is 42.0 Å². The van der Waals surface area contributed by atoms with Gasteiger partial charge in [0.15, 0.2) is 0 Å². The van der Waals surface area contributed by atoms with E-state index in [4.69, 9.17) is 9.72 Å². The average Bonchev–Trinajstić information content (AvgIpc) is 3.44. The van der Waals surface area contributed by atoms with Gasteiger partial charge in [0.1, 0.15) is 15.8 Å². The number of hydrogen-bond donors (Lipinski definition) is 2. The lowest BCUT2D eigenvalue weighted by atomic mass is 10.0. The topological polar surface area (TPSA) is 66.5 Å². The number of fused-ring (bicyclic) bond motifs is 2. The predicted molar refractivity (Wildman–Crippen MR) is 147 cm³/mol. The number of benzene rings is 2. The number of hydrogen-bond acceptors (Lipinski definition) is 7. The summed E-state index contributed by atoms with van der Waals surface area (Å²) in [5, 5.41) is 8.45. The molecule has 1 amide bonds. The predicted octanol–water partition coefficient (Wildman–Crippen LogP) is 6.24. The molecular weight excluding hydrogens is 476 g/mol. The van der Waals surface area contributed by atoms with Crippen LogP contribution in [-0.2, 0) is 17.8 Å². The molecule has 3 heterocycles. The number of thiazole rings is 1. The quantitative estimate of drug-likeness (QED) is 0.296. The van der Waals surface area contributed by atoms with Gasteiger partial charge in [0.05, 0.1) is 17.3 Å². The van der Waals surface area contributed by atoms with E-state index in [2.05, 4.69) is 41.5 Å². The Bertz CT molecular complexity index is 1310. The lowest BCUT2D eigenvalue weighted by molar-refractivity contribution is -0.115. The monoisotopic (exact) mass is 506 g/mol. The molecule has 2 aromatic heterocycles. The van der Waals surface area contributed by atoms with Crippen molar-refractivity contribution in [2.45, 2.75) is 39.3 Å². The smallest absolute Gasteiger partial charge is 0.226 e. The lowest BCUT2D eigenvalue weighted by Gasteiger charge is -2.30. The van der Waals surface area contributed by atoms with Crippen LogP contribution in [0.3, 0.4) is 0 Å². The minimum atomic E-state index is 0.00192. The van der Waals surface area contributed by atoms with Crippen LogP contribution in [0.15, 0.2) is 48.5 Å². The molecule has 6 nitrogen and oxygen atoms in total. The summed E-state index contributed by atoms with van der Waals surface area (Å²) in [7, 11) is 1.65. The first-order chi connectivity index (χ1) is 17.0. The Morgan fingerprint density at radius 3 is 2.83 bits per heavy atom. The lowest BCUT2D eigenvalue weighted by Crippen LogP contribution is -2.35. The molecular formula is C27H30N4O2S2. The summed E-state index contributed by atoms with van der Waals surface area (Å²) < 4.78 is 6.44. The Morgan fingerprint density at radius 1 is 1.17 bits per heavy atom. The number of para-hydroxylation sites is 1. The van der Waals surface area contributed by atoms with Crippen molar-refractivity contribution >= 4 is 49.5 Å². The highest BCUT2D eigenvalue weighted by atomic mass is 32.1. The van der Waals surface area contributed by atoms with Crippen molar-refractivity contribution in [1.29, 1.82) is 0 Å². The highest BCUT2D eigenvalue weighted by Crippen LogP contribution is 2.45. The number of amides is 1. The molecule has 2 aromatic carbocycles. The molecule has 0 radical (unpaired) electrons. The summed E-state index contributed by atoms with van der Waals surface area (Å²) >= 11 is 3.41. The van der Waals surface area contributed by atoms with Gasteiger partial charge in [-0.1, -0.05) is 18.2 Å². The number of aromatic nitrogens is 1. The van der Waals surface area contributed by atoms with Gasteiger partial charge >= 0.3 is 0 Å². The fraction of sp³-hybridized carbons (Fsp3) is 0.333. The van der Waals surface area contributed by atoms with Crippen LogP contribution in [0, 0.1) is 0 Å². The van der Waals surface area contributed by atoms with E-state index in [0.717, 1.165) is 52.0 Å². The van der Waals surface area contributed by atoms with Crippen LogP contribution in [0.25, 0.3) is 20.8 Å². The SMILES string of the molecule is COc1cccc(NCCC(=O)Nc2sc3c(c2-c2nc4ccccc4s2)CCN(C(C)C)C3)c1. The minimum absolute atomic E-state index is 0.00192. The van der Waals surface area contributed by atoms with Crippen LogP contribution >= 0.6 is 22.7 Å². The molecule has 182 valence electrons. The molecule has 1 aliphatic heterocycles. The van der Waals surface area contributed by atoms with Crippen molar-refractivity contribution in [2.24, 2.45) is 0 Å². The van der Waals surface area contributed by atoms with Crippen LogP contribution in [0.1, 0.15) is 30.7 Å². The summed E-state index contributed by atoms with van der Waals surface area (Å²) in [6.07, 6.45) is 1.35. The molecule has 0 saturated heterocycles. The van der Waals surface area contributed by atoms with Gasteiger partial charge in [0.25, 0.3) is 0 Å². The molecule has 8 heteroatoms. The second-order valence-electron chi connectivity index (χ2n) is 8.97. The third kappa shape index (κ3) is 5.19. The van der Waals surface area contributed by atoms with Crippen LogP contribution in [0.5, 0.6) is 5.75 Å². The summed E-state index contributed by atoms with van der Waals surface area (Å²) in [5.74, 6) is 0.793. The van der Waals surface area contributed by atoms with E-state index in [1.807, 2.05) is 36.4 Å². The summed E-state index contributed by atoms with van der Waals surface area (Å²) in [5.41, 5.74) is 4.40. The number of rotatable bonds is 8. The van der Waals surface area contributed by atoms with Gasteiger partial charge in [-0.25, -0.2) is 4.98 Å². The molecule has 0 fully saturated rings. The van der Waals surface area contributed by atoms with Crippen molar-refractivity contribution < 1.29 is 9.53 Å². The molecule has 0 aliphatic carbocycles. The maximum Gasteiger partial charge on any atom is 0.226 e. The van der Waals surface area contributed by atoms with Crippen LogP contribution in [0.4, 0.5) is 10.7 Å². The molecule has 0 bridgehead atoms. The average molecular weight is 507 g/mol. The molecule has 0 unspecified atom stereocenters. The highest BCUT2D eigenvalue weighted by molar-refractivity contribution is 7.22. The molecule has 0 atom stereocenters. The molecule has 5 rings (SSSR count). The van der Waals surface area contributed by atoms with Gasteiger partial charge < -0.3 is 15.4 Å². The summed E-state index contributed by atoms with van der Waals surface area (Å²) in [6, 6.07) is 16.5. The van der Waals surface area contributed by atoms with E-state index in [1.54, 1.807) is 29.8 Å². The number of nitrogens with one attached hydrogen (secondary N) is 2. The number of methoxy groups -OCH3 is 1. The zero-order valence-corrected chi connectivity index (χ0v) is 21.9. The van der Waals surface area contributed by atoms with Gasteiger partial charge in [0, 0.05) is 54.3 Å². The second-order valence-corrected chi connectivity index (χ2v) is 11.1. The van der Waals surface area contributed by atoms with Gasteiger partial charge in [-0.05, 0) is 50.1 Å². The first-order valence-electron chi connectivity index (χ1n) is 11.9. The fourth-order valence-corrected chi connectivity index (χ4v) is 6.80. The Labute approximate surface area is 214 Å². The Balaban J connectivity index is 1.37. The number of ether oxygens (including phenoxy) is 1. The first-order valence-corrected chi connectivity index (χ1v) is 13.6. The highest BCUT2D eigenvalue weighted by Gasteiger charge is 2.28. The minimum Gasteiger partial charge on any atom is -0.497 e. The van der Waals surface area contributed by atoms with Gasteiger partial charge in [-0.3, -0.25) is 9.69 Å². The normalized spacial score (nSPS) is 13.7. The molecule has 2 N–H and O–H groups in total. The molecule has 0 spiro atoms. The largest absolute Gasteiger partial charge is 0.497 e. The standard InChI is InChI=1S/C27H30N4O2S2/c1-17(2)31-14-12-20-23(16-31)35-27(25(20)26-29-21-9-4-5-10-22(21)34-26)30-24(32)11-13-28-18-7-6-8-19(15-18)33-3/h4-10,15,17,28H,11-14,16H2,1-3H3,(H,30,32). The number of carbonyl (C=O) groups excluding carboxylic acids is 1. The van der Waals surface area contributed by atoms with E-state index in [1.165, 1.54) is 15.1 Å². The van der Waals surface area contributed by atoms with E-state index in [-0.39, 0.29) is 5.91 Å². The van der Waals surface area contributed by atoms with E-state index < -0.39 is 0 Å². The number of nitrogens with zero attached hydrogens (tertiary/aromatic N) is 2. The molecule has 0 saturated carbocycles. The Kier molecular flexibility index (Phi) is 7.04. The maximum atomic E-state index is 13.0. The van der Waals surface area contributed by atoms with E-state index in [9.17, 15) is 4.79 Å². The second kappa shape index (κ2) is 10.4. The Hall–Kier alpha value is -2.94. The zero-order valence-electron chi connectivity index (χ0n) is 20.3. The van der Waals surface area contributed by atoms with E-state index in [0.29, 0.717) is 19.0 Å². The third-order valence-electron chi connectivity index (χ3n) is 6.33. The Morgan fingerprint density at radius 2 is 2.03 bits per heavy atom. The van der Waals surface area contributed by atoms with Crippen molar-refractivity contribution in [3.63, 3.8) is 0 Å². The molecule has 1 aliphatic rings. The number of carbonyl (C=O) groups is 1. The summed E-state index contributed by atoms with van der Waals surface area (Å²) in [6.45, 7) is 6.97. The number of thiophene rings is 1. The van der Waals surface area contributed by atoms with Crippen molar-refractivity contribution in [3.05, 3.63) is 59.0 Å². The number of anilines is 2. The van der Waals surface area contributed by atoms with Crippen LogP contribution in [0.2, 0.25) is 0 Å². The first kappa shape index (κ1) is 23.8. The summed E-state index contributed by atoms with van der Waals surface area (Å²) in [4.78, 5) is 21.7. The van der Waals surface area contributed by atoms with Crippen LogP contribution < -0.4 is 15.4 Å². The van der Waals surface area contributed by atoms with Crippen molar-refractivity contribution in [3.8, 4) is 16.3 Å². The van der Waals surface area contributed by atoms with Crippen molar-refractivity contribution in [2.75, 3.05) is 30.8 Å². The van der Waals surface area contributed by atoms with Gasteiger partial charge in [0.2, 0.25) is 5.91 Å². The van der Waals surface area contributed by atoms with Gasteiger partial charge in [-0.2, -0.15) is 0 Å². The molecule has 35 heavy (non-hydrogen) atoms. The van der Waals surface area contributed by atoms with Gasteiger partial charge in [-0.15, -0.1) is 22.7 Å². The third-order valence-corrected chi connectivity index (χ3v) is 8.51. The van der Waals surface area contributed by atoms with E-state index >= 15 is 0 Å². The zero-order chi connectivity index (χ0) is 24.4. The van der Waals surface area contributed by atoms with Crippen molar-refractivity contribution in [1.82, 2.24) is 9.88 Å².